The minimum Gasteiger partial charge on any atom is -0.349 e. The van der Waals surface area contributed by atoms with Crippen LogP contribution < -0.4 is 10.6 Å². The fourth-order valence-electron chi connectivity index (χ4n) is 3.44. The van der Waals surface area contributed by atoms with Crippen molar-refractivity contribution in [3.8, 4) is 0 Å². The zero-order chi connectivity index (χ0) is 19.9. The number of carbonyl (C=O) groups is 2. The average molecular weight is 400 g/mol. The second-order valence-electron chi connectivity index (χ2n) is 7.23. The van der Waals surface area contributed by atoms with Crippen molar-refractivity contribution in [3.05, 3.63) is 70.7 Å². The van der Waals surface area contributed by atoms with Crippen molar-refractivity contribution in [2.24, 2.45) is 0 Å². The number of halogens is 1. The number of nitrogens with zero attached hydrogens (tertiary/aromatic N) is 1. The van der Waals surface area contributed by atoms with Gasteiger partial charge in [-0.05, 0) is 49.6 Å². The number of benzene rings is 2. The summed E-state index contributed by atoms with van der Waals surface area (Å²) in [6.07, 6.45) is 1.69. The minimum absolute atomic E-state index is 0.000698. The maximum absolute atomic E-state index is 12.4. The number of likely N-dealkylation sites (tertiary alicyclic amines) is 1. The predicted molar refractivity (Wildman–Crippen MR) is 111 cm³/mol. The lowest BCUT2D eigenvalue weighted by atomic mass is 10.0. The lowest BCUT2D eigenvalue weighted by Crippen LogP contribution is -2.47. The Balaban J connectivity index is 1.41. The molecule has 2 aromatic rings. The molecule has 1 heterocycles. The third kappa shape index (κ3) is 5.81. The summed E-state index contributed by atoms with van der Waals surface area (Å²) in [7, 11) is 0. The van der Waals surface area contributed by atoms with Crippen LogP contribution in [0.1, 0.15) is 41.7 Å². The Labute approximate surface area is 171 Å². The predicted octanol–water partition coefficient (Wildman–Crippen LogP) is 3.41. The maximum atomic E-state index is 12.4. The van der Waals surface area contributed by atoms with Crippen molar-refractivity contribution in [1.29, 1.82) is 0 Å². The van der Waals surface area contributed by atoms with E-state index in [1.54, 1.807) is 0 Å². The molecule has 3 rings (SSSR count). The molecular weight excluding hydrogens is 374 g/mol. The lowest BCUT2D eigenvalue weighted by Gasteiger charge is -2.32. The number of amides is 2. The Morgan fingerprint density at radius 3 is 2.50 bits per heavy atom. The first-order valence-corrected chi connectivity index (χ1v) is 10.0. The minimum atomic E-state index is -0.0890. The molecule has 0 spiro atoms. The smallest absolute Gasteiger partial charge is 0.251 e. The zero-order valence-corrected chi connectivity index (χ0v) is 16.8. The quantitative estimate of drug-likeness (QED) is 0.782. The van der Waals surface area contributed by atoms with Crippen molar-refractivity contribution in [2.75, 3.05) is 19.6 Å². The highest BCUT2D eigenvalue weighted by Crippen LogP contribution is 2.17. The summed E-state index contributed by atoms with van der Waals surface area (Å²) in [6.45, 7) is 3.90. The summed E-state index contributed by atoms with van der Waals surface area (Å²) in [6, 6.07) is 16.8. The van der Waals surface area contributed by atoms with Crippen LogP contribution in [0.4, 0.5) is 0 Å². The molecule has 1 atom stereocenters. The highest BCUT2D eigenvalue weighted by molar-refractivity contribution is 6.30. The third-order valence-electron chi connectivity index (χ3n) is 5.05. The van der Waals surface area contributed by atoms with Gasteiger partial charge in [0.1, 0.15) is 0 Å². The van der Waals surface area contributed by atoms with E-state index in [0.717, 1.165) is 31.5 Å². The van der Waals surface area contributed by atoms with E-state index in [-0.39, 0.29) is 23.9 Å². The van der Waals surface area contributed by atoms with Crippen LogP contribution >= 0.6 is 11.6 Å². The standard InChI is InChI=1S/C22H26ClN3O2/c1-16(18-8-5-9-19(23)14-18)24-21(27)15-26-12-10-20(11-13-26)25-22(28)17-6-3-2-4-7-17/h2-9,14,16,20H,10-13,15H2,1H3,(H,24,27)(H,25,28). The van der Waals surface area contributed by atoms with Gasteiger partial charge in [0.2, 0.25) is 5.91 Å². The highest BCUT2D eigenvalue weighted by atomic mass is 35.5. The SMILES string of the molecule is CC(NC(=O)CN1CCC(NC(=O)c2ccccc2)CC1)c1cccc(Cl)c1. The molecule has 28 heavy (non-hydrogen) atoms. The fraction of sp³-hybridized carbons (Fsp3) is 0.364. The molecule has 2 amide bonds. The van der Waals surface area contributed by atoms with Gasteiger partial charge in [-0.2, -0.15) is 0 Å². The summed E-state index contributed by atoms with van der Waals surface area (Å²) in [4.78, 5) is 26.8. The van der Waals surface area contributed by atoms with Gasteiger partial charge >= 0.3 is 0 Å². The number of hydrogen-bond acceptors (Lipinski definition) is 3. The van der Waals surface area contributed by atoms with Gasteiger partial charge in [0.05, 0.1) is 12.6 Å². The number of nitrogens with one attached hydrogen (secondary N) is 2. The molecule has 1 fully saturated rings. The van der Waals surface area contributed by atoms with E-state index in [0.29, 0.717) is 17.1 Å². The van der Waals surface area contributed by atoms with Crippen LogP contribution in [0.25, 0.3) is 0 Å². The summed E-state index contributed by atoms with van der Waals surface area (Å²) in [5.74, 6) is -0.0358. The first kappa shape index (κ1) is 20.4. The van der Waals surface area contributed by atoms with Crippen molar-refractivity contribution < 1.29 is 9.59 Å². The van der Waals surface area contributed by atoms with Gasteiger partial charge in [0.15, 0.2) is 0 Å². The summed E-state index contributed by atoms with van der Waals surface area (Å²) < 4.78 is 0. The van der Waals surface area contributed by atoms with Gasteiger partial charge in [0.25, 0.3) is 5.91 Å². The maximum Gasteiger partial charge on any atom is 0.251 e. The van der Waals surface area contributed by atoms with Crippen molar-refractivity contribution in [3.63, 3.8) is 0 Å². The van der Waals surface area contributed by atoms with E-state index in [2.05, 4.69) is 15.5 Å². The van der Waals surface area contributed by atoms with E-state index in [4.69, 9.17) is 11.6 Å². The van der Waals surface area contributed by atoms with Crippen LogP contribution in [-0.4, -0.2) is 42.4 Å². The van der Waals surface area contributed by atoms with Gasteiger partial charge < -0.3 is 10.6 Å². The second kappa shape index (κ2) is 9.71. The van der Waals surface area contributed by atoms with Crippen LogP contribution in [-0.2, 0) is 4.79 Å². The Hall–Kier alpha value is -2.37. The molecule has 2 N–H and O–H groups in total. The molecule has 0 aliphatic carbocycles. The Bertz CT molecular complexity index is 804. The Kier molecular flexibility index (Phi) is 7.06. The Morgan fingerprint density at radius 1 is 1.11 bits per heavy atom. The molecule has 0 radical (unpaired) electrons. The lowest BCUT2D eigenvalue weighted by molar-refractivity contribution is -0.123. The molecule has 1 aliphatic heterocycles. The monoisotopic (exact) mass is 399 g/mol. The van der Waals surface area contributed by atoms with E-state index in [9.17, 15) is 9.59 Å². The van der Waals surface area contributed by atoms with Crippen molar-refractivity contribution >= 4 is 23.4 Å². The molecule has 0 aromatic heterocycles. The second-order valence-corrected chi connectivity index (χ2v) is 7.67. The number of piperidine rings is 1. The molecule has 1 unspecified atom stereocenters. The molecule has 1 aliphatic rings. The van der Waals surface area contributed by atoms with E-state index in [1.807, 2.05) is 61.5 Å². The van der Waals surface area contributed by atoms with E-state index in [1.165, 1.54) is 0 Å². The van der Waals surface area contributed by atoms with Gasteiger partial charge in [-0.3, -0.25) is 14.5 Å². The van der Waals surface area contributed by atoms with E-state index >= 15 is 0 Å². The summed E-state index contributed by atoms with van der Waals surface area (Å²) >= 11 is 6.02. The molecular formula is C22H26ClN3O2. The molecule has 0 saturated carbocycles. The molecule has 2 aromatic carbocycles. The summed E-state index contributed by atoms with van der Waals surface area (Å²) in [5.41, 5.74) is 1.67. The van der Waals surface area contributed by atoms with Gasteiger partial charge in [0, 0.05) is 29.7 Å². The largest absolute Gasteiger partial charge is 0.349 e. The van der Waals surface area contributed by atoms with Crippen LogP contribution in [0, 0.1) is 0 Å². The third-order valence-corrected chi connectivity index (χ3v) is 5.29. The zero-order valence-electron chi connectivity index (χ0n) is 16.0. The molecule has 6 heteroatoms. The highest BCUT2D eigenvalue weighted by Gasteiger charge is 2.23. The van der Waals surface area contributed by atoms with Gasteiger partial charge in [-0.15, -0.1) is 0 Å². The number of rotatable bonds is 6. The summed E-state index contributed by atoms with van der Waals surface area (Å²) in [5, 5.41) is 6.78. The Morgan fingerprint density at radius 2 is 1.82 bits per heavy atom. The van der Waals surface area contributed by atoms with Crippen LogP contribution in [0.2, 0.25) is 5.02 Å². The fourth-order valence-corrected chi connectivity index (χ4v) is 3.64. The molecule has 5 nitrogen and oxygen atoms in total. The molecule has 1 saturated heterocycles. The van der Waals surface area contributed by atoms with Crippen LogP contribution in [0.5, 0.6) is 0 Å². The normalized spacial score (nSPS) is 16.4. The van der Waals surface area contributed by atoms with Crippen molar-refractivity contribution in [1.82, 2.24) is 15.5 Å². The number of carbonyl (C=O) groups excluding carboxylic acids is 2. The van der Waals surface area contributed by atoms with Gasteiger partial charge in [-0.1, -0.05) is 41.9 Å². The molecule has 0 bridgehead atoms. The average Bonchev–Trinajstić information content (AvgIpc) is 2.70. The van der Waals surface area contributed by atoms with Crippen LogP contribution in [0.15, 0.2) is 54.6 Å². The first-order valence-electron chi connectivity index (χ1n) is 9.64. The van der Waals surface area contributed by atoms with Gasteiger partial charge in [-0.25, -0.2) is 0 Å². The van der Waals surface area contributed by atoms with Crippen LogP contribution in [0.3, 0.4) is 0 Å². The number of hydrogen-bond donors (Lipinski definition) is 2. The topological polar surface area (TPSA) is 61.4 Å². The van der Waals surface area contributed by atoms with E-state index < -0.39 is 0 Å². The van der Waals surface area contributed by atoms with Crippen molar-refractivity contribution in [2.45, 2.75) is 31.8 Å². The molecule has 148 valence electrons. The first-order chi connectivity index (χ1) is 13.5.